The molecule has 7 N–H and O–H groups in total. The molecule has 15 rings (SSSR count). The molecule has 2 aliphatic rings. The van der Waals surface area contributed by atoms with Gasteiger partial charge in [0.05, 0.1) is 89.6 Å². The molecule has 23 nitrogen and oxygen atoms in total. The molecular formula is C85H75F3N12O11. The van der Waals surface area contributed by atoms with Gasteiger partial charge >= 0.3 is 17.9 Å². The Labute approximate surface area is 633 Å². The van der Waals surface area contributed by atoms with E-state index in [1.807, 2.05) is 133 Å². The van der Waals surface area contributed by atoms with E-state index in [2.05, 4.69) is 59.7 Å². The van der Waals surface area contributed by atoms with E-state index < -0.39 is 53.1 Å². The second-order valence-corrected chi connectivity index (χ2v) is 26.1. The molecule has 2 saturated heterocycles. The number of aromatic nitrogens is 6. The summed E-state index contributed by atoms with van der Waals surface area (Å²) in [5.74, 6) is -5.20. The minimum Gasteiger partial charge on any atom is -0.480 e. The monoisotopic (exact) mass is 1500 g/mol. The SMILES string of the molecule is Cc1ccccc1.Nc1cc(Cc2n[nH]c(=O)c3ccccc23)ccc1F.O=C(O)CN(CC(=O)Nc1cc(Cc2n[nH]c(=O)c3ccccc23)ccc1F)Cc1ccccc1.O=C1CN(Cc2ccccc2)CC(=O)N1c1cc(Cc2n[nH]c(=O)c3ccccc23)ccc1F.O=C1CN(Cc2ccccc2)CC(=O)O1. The summed E-state index contributed by atoms with van der Waals surface area (Å²) < 4.78 is 46.8. The van der Waals surface area contributed by atoms with Gasteiger partial charge in [-0.05, 0) is 94.9 Å². The van der Waals surface area contributed by atoms with Crippen molar-refractivity contribution >= 4 is 85.0 Å². The topological polar surface area (TPSA) is 320 Å². The number of nitrogens with one attached hydrogen (secondary N) is 4. The molecule has 2 fully saturated rings. The number of nitrogens with two attached hydrogens (primary N) is 1. The van der Waals surface area contributed by atoms with Crippen LogP contribution in [0.2, 0.25) is 0 Å². The predicted octanol–water partition coefficient (Wildman–Crippen LogP) is 11.0. The zero-order valence-corrected chi connectivity index (χ0v) is 60.0. The molecule has 0 bridgehead atoms. The van der Waals surface area contributed by atoms with Gasteiger partial charge in [-0.25, -0.2) is 33.4 Å². The number of ether oxygens (including phenoxy) is 1. The first-order valence-electron chi connectivity index (χ1n) is 35.1. The van der Waals surface area contributed by atoms with Crippen LogP contribution in [0, 0.1) is 24.4 Å². The van der Waals surface area contributed by atoms with Crippen molar-refractivity contribution in [2.45, 2.75) is 45.8 Å². The smallest absolute Gasteiger partial charge is 0.327 e. The van der Waals surface area contributed by atoms with Gasteiger partial charge in [0.15, 0.2) is 0 Å². The third-order valence-electron chi connectivity index (χ3n) is 17.6. The number of piperazine rings is 1. The van der Waals surface area contributed by atoms with Crippen LogP contribution < -0.4 is 32.6 Å². The van der Waals surface area contributed by atoms with Crippen LogP contribution in [0.3, 0.4) is 0 Å². The number of esters is 2. The molecule has 26 heteroatoms. The summed E-state index contributed by atoms with van der Waals surface area (Å²) in [5, 5.41) is 35.4. The fourth-order valence-electron chi connectivity index (χ4n) is 12.5. The van der Waals surface area contributed by atoms with Crippen LogP contribution in [0.4, 0.5) is 30.2 Å². The zero-order valence-electron chi connectivity index (χ0n) is 60.0. The average Bonchev–Trinajstić information content (AvgIpc) is 0.788. The van der Waals surface area contributed by atoms with E-state index in [1.165, 1.54) is 40.8 Å². The summed E-state index contributed by atoms with van der Waals surface area (Å²) in [6, 6.07) is 73.4. The number of carboxylic acid groups (broad SMARTS) is 1. The molecule has 0 saturated carbocycles. The molecule has 3 amide bonds. The summed E-state index contributed by atoms with van der Waals surface area (Å²) in [7, 11) is 0. The lowest BCUT2D eigenvalue weighted by Gasteiger charge is -2.33. The Morgan fingerprint density at radius 1 is 0.450 bits per heavy atom. The molecule has 2 aliphatic heterocycles. The number of fused-ring (bicyclic) bond motifs is 3. The molecule has 111 heavy (non-hydrogen) atoms. The molecule has 0 radical (unpaired) electrons. The Morgan fingerprint density at radius 2 is 0.829 bits per heavy atom. The van der Waals surface area contributed by atoms with Crippen molar-refractivity contribution in [3.05, 3.63) is 353 Å². The van der Waals surface area contributed by atoms with Crippen LogP contribution in [0.25, 0.3) is 32.3 Å². The summed E-state index contributed by atoms with van der Waals surface area (Å²) in [5.41, 5.74) is 13.2. The number of aromatic amines is 3. The number of morpholine rings is 1. The number of aliphatic carboxylic acids is 1. The zero-order chi connectivity index (χ0) is 78.3. The van der Waals surface area contributed by atoms with Crippen LogP contribution in [0.1, 0.15) is 56.0 Å². The van der Waals surface area contributed by atoms with E-state index in [4.69, 9.17) is 5.73 Å². The predicted molar refractivity (Wildman–Crippen MR) is 415 cm³/mol. The number of amides is 3. The molecule has 10 aromatic carbocycles. The van der Waals surface area contributed by atoms with Crippen LogP contribution in [-0.2, 0) is 72.4 Å². The highest BCUT2D eigenvalue weighted by molar-refractivity contribution is 6.18. The first-order valence-corrected chi connectivity index (χ1v) is 35.1. The highest BCUT2D eigenvalue weighted by Gasteiger charge is 2.34. The maximum atomic E-state index is 14.8. The minimum atomic E-state index is -1.07. The summed E-state index contributed by atoms with van der Waals surface area (Å²) in [4.78, 5) is 113. The number of benzene rings is 10. The molecule has 0 aliphatic carbocycles. The van der Waals surface area contributed by atoms with Crippen molar-refractivity contribution in [2.24, 2.45) is 0 Å². The number of aryl methyl sites for hydroxylation is 1. The summed E-state index contributed by atoms with van der Waals surface area (Å²) >= 11 is 0. The largest absolute Gasteiger partial charge is 0.480 e. The fraction of sp³-hybridized carbons (Fsp3) is 0.153. The van der Waals surface area contributed by atoms with Crippen molar-refractivity contribution in [3.8, 4) is 0 Å². The number of carboxylic acids is 1. The van der Waals surface area contributed by atoms with Crippen LogP contribution in [-0.4, -0.2) is 125 Å². The average molecular weight is 1500 g/mol. The number of carbonyl (C=O) groups excluding carboxylic acids is 5. The van der Waals surface area contributed by atoms with Crippen LogP contribution >= 0.6 is 0 Å². The first-order chi connectivity index (χ1) is 53.7. The lowest BCUT2D eigenvalue weighted by Crippen LogP contribution is -2.54. The van der Waals surface area contributed by atoms with Gasteiger partial charge in [-0.3, -0.25) is 57.9 Å². The minimum absolute atomic E-state index is 0.0103. The Bertz CT molecular complexity index is 5650. The first kappa shape index (κ1) is 78.4. The van der Waals surface area contributed by atoms with Gasteiger partial charge in [-0.1, -0.05) is 200 Å². The lowest BCUT2D eigenvalue weighted by molar-refractivity contribution is -0.167. The van der Waals surface area contributed by atoms with Gasteiger partial charge < -0.3 is 20.9 Å². The lowest BCUT2D eigenvalue weighted by atomic mass is 10.0. The number of nitrogens with zero attached hydrogens (tertiary/aromatic N) is 7. The maximum absolute atomic E-state index is 14.8. The van der Waals surface area contributed by atoms with Gasteiger partial charge in [0.2, 0.25) is 17.7 Å². The molecule has 0 atom stereocenters. The second kappa shape index (κ2) is 37.7. The van der Waals surface area contributed by atoms with E-state index in [0.717, 1.165) is 38.2 Å². The number of rotatable bonds is 18. The molecule has 0 spiro atoms. The molecule has 13 aromatic rings. The van der Waals surface area contributed by atoms with Gasteiger partial charge in [0.25, 0.3) is 16.7 Å². The number of imide groups is 1. The molecule has 3 aromatic heterocycles. The number of anilines is 3. The number of hydrogen-bond acceptors (Lipinski definition) is 17. The number of hydrogen-bond donors (Lipinski definition) is 6. The normalized spacial score (nSPS) is 12.9. The van der Waals surface area contributed by atoms with Crippen molar-refractivity contribution in [3.63, 3.8) is 0 Å². The number of H-pyrrole nitrogens is 3. The third-order valence-corrected chi connectivity index (χ3v) is 17.6. The second-order valence-electron chi connectivity index (χ2n) is 26.1. The van der Waals surface area contributed by atoms with E-state index in [0.29, 0.717) is 81.8 Å². The summed E-state index contributed by atoms with van der Waals surface area (Å²) in [6.07, 6.45) is 1.07. The Morgan fingerprint density at radius 3 is 1.25 bits per heavy atom. The third kappa shape index (κ3) is 22.0. The van der Waals surface area contributed by atoms with E-state index >= 15 is 0 Å². The van der Waals surface area contributed by atoms with Crippen LogP contribution in [0.5, 0.6) is 0 Å². The van der Waals surface area contributed by atoms with Gasteiger partial charge in [-0.15, -0.1) is 0 Å². The van der Waals surface area contributed by atoms with Crippen molar-refractivity contribution in [2.75, 3.05) is 55.2 Å². The number of halogens is 3. The molecule has 0 unspecified atom stereocenters. The molecular weight excluding hydrogens is 1420 g/mol. The van der Waals surface area contributed by atoms with Crippen molar-refractivity contribution in [1.82, 2.24) is 45.3 Å². The molecule has 5 heterocycles. The highest BCUT2D eigenvalue weighted by atomic mass is 19.1. The summed E-state index contributed by atoms with van der Waals surface area (Å²) in [6.45, 7) is 3.22. The van der Waals surface area contributed by atoms with E-state index in [1.54, 1.807) is 82.6 Å². The number of nitrogen functional groups attached to an aromatic ring is 1. The quantitative estimate of drug-likeness (QED) is 0.0201. The Balaban J connectivity index is 0.000000148. The van der Waals surface area contributed by atoms with Crippen LogP contribution in [0.15, 0.2) is 263 Å². The van der Waals surface area contributed by atoms with Gasteiger partial charge in [0.1, 0.15) is 17.5 Å². The van der Waals surface area contributed by atoms with Gasteiger partial charge in [-0.2, -0.15) is 15.3 Å². The van der Waals surface area contributed by atoms with Crippen molar-refractivity contribution in [1.29, 1.82) is 0 Å². The molecule has 562 valence electrons. The van der Waals surface area contributed by atoms with Crippen molar-refractivity contribution < 1.29 is 51.8 Å². The fourth-order valence-corrected chi connectivity index (χ4v) is 12.5. The van der Waals surface area contributed by atoms with E-state index in [-0.39, 0.29) is 79.6 Å². The Kier molecular flexibility index (Phi) is 26.6. The number of cyclic esters (lactones) is 2. The highest BCUT2D eigenvalue weighted by Crippen LogP contribution is 2.28. The standard InChI is InChI=1S/C26H23FN4O4.C26H21FN4O3.C15H12FN3O.C11H11NO3.C7H8/c27-21-11-10-18(12-22-19-8-4-5-9-20(19)26(35)30-29-22)13-23(21)28-24(32)15-31(16-25(33)34)14-17-6-2-1-3-7-17;27-21-11-10-18(12-22-19-8-4-5-9-20(19)26(34)29-28-22)13-23(21)31-24(32)15-30(16-25(31)33)14-17-6-2-1-3-7-17;16-12-6-5-9(7-13(12)17)8-14-10-3-1-2-4-11(10)15(20)19-18-14;13-10-7-12(8-11(14)15-10)6-9-4-2-1-3-5-9;1-7-5-3-2-4-6-7/h1-11,13H,12,14-16H2,(H,28,32)(H,30,35)(H,33,34);1-11,13H,12,14-16H2,(H,29,34);1-7H,8,17H2,(H,19,20);1-5H,6-8H2;2-6H,1H3. The maximum Gasteiger partial charge on any atom is 0.327 e. The van der Waals surface area contributed by atoms with E-state index in [9.17, 15) is 61.4 Å². The Hall–Kier alpha value is -13.7. The van der Waals surface area contributed by atoms with Gasteiger partial charge in [0, 0.05) is 55.1 Å². The number of carbonyl (C=O) groups is 6.